The van der Waals surface area contributed by atoms with Crippen LogP contribution in [-0.4, -0.2) is 6.29 Å². The number of hydrogen-bond donors (Lipinski definition) is 0. The van der Waals surface area contributed by atoms with Gasteiger partial charge in [0.25, 0.3) is 0 Å². The Balaban J connectivity index is 2.39. The van der Waals surface area contributed by atoms with Crippen LogP contribution in [-0.2, 0) is 4.79 Å². The van der Waals surface area contributed by atoms with Crippen molar-refractivity contribution in [2.75, 3.05) is 0 Å². The first kappa shape index (κ1) is 8.28. The molecule has 3 unspecified atom stereocenters. The minimum atomic E-state index is 0.214. The van der Waals surface area contributed by atoms with Gasteiger partial charge in [-0.05, 0) is 36.0 Å². The summed E-state index contributed by atoms with van der Waals surface area (Å²) in [5.74, 6) is 0.986. The molecule has 1 radical (unpaired) electrons. The van der Waals surface area contributed by atoms with E-state index in [-0.39, 0.29) is 11.3 Å². The standard InChI is InChI=1S/C11H17O/c1-10(2)8-4-5-11(10,3)9(6-8)7-12/h8-9H,4-6H2,1-3H3. The lowest BCUT2D eigenvalue weighted by atomic mass is 9.67. The largest absolute Gasteiger partial charge is 0.291 e. The third kappa shape index (κ3) is 0.681. The highest BCUT2D eigenvalue weighted by Crippen LogP contribution is 2.67. The van der Waals surface area contributed by atoms with Crippen molar-refractivity contribution in [3.63, 3.8) is 0 Å². The predicted molar refractivity (Wildman–Crippen MR) is 48.4 cm³/mol. The van der Waals surface area contributed by atoms with Crippen LogP contribution in [0, 0.1) is 22.7 Å². The third-order valence-electron chi connectivity index (χ3n) is 4.94. The maximum absolute atomic E-state index is 10.8. The fourth-order valence-corrected chi connectivity index (χ4v) is 3.38. The van der Waals surface area contributed by atoms with E-state index in [2.05, 4.69) is 27.1 Å². The van der Waals surface area contributed by atoms with Gasteiger partial charge in [0.05, 0.1) is 0 Å². The van der Waals surface area contributed by atoms with Crippen LogP contribution in [0.15, 0.2) is 0 Å². The van der Waals surface area contributed by atoms with Crippen molar-refractivity contribution < 1.29 is 4.79 Å². The van der Waals surface area contributed by atoms with Gasteiger partial charge < -0.3 is 0 Å². The molecule has 12 heavy (non-hydrogen) atoms. The summed E-state index contributed by atoms with van der Waals surface area (Å²) >= 11 is 0. The molecule has 0 aliphatic heterocycles. The van der Waals surface area contributed by atoms with Crippen LogP contribution >= 0.6 is 0 Å². The molecule has 2 fully saturated rings. The van der Waals surface area contributed by atoms with Crippen LogP contribution in [0.2, 0.25) is 0 Å². The summed E-state index contributed by atoms with van der Waals surface area (Å²) in [4.78, 5) is 10.8. The molecule has 0 N–H and O–H groups in total. The number of carbonyl (C=O) groups excluding carboxylic acids is 1. The first-order chi connectivity index (χ1) is 5.52. The van der Waals surface area contributed by atoms with Crippen LogP contribution in [0.25, 0.3) is 0 Å². The van der Waals surface area contributed by atoms with E-state index in [1.165, 1.54) is 12.8 Å². The molecule has 2 bridgehead atoms. The summed E-state index contributed by atoms with van der Waals surface area (Å²) in [6, 6.07) is 0. The van der Waals surface area contributed by atoms with Gasteiger partial charge in [0.1, 0.15) is 0 Å². The van der Waals surface area contributed by atoms with E-state index in [0.29, 0.717) is 5.41 Å². The summed E-state index contributed by atoms with van der Waals surface area (Å²) in [5, 5.41) is 0. The van der Waals surface area contributed by atoms with Gasteiger partial charge in [-0.3, -0.25) is 4.79 Å². The van der Waals surface area contributed by atoms with Crippen molar-refractivity contribution in [2.45, 2.75) is 40.0 Å². The van der Waals surface area contributed by atoms with E-state index < -0.39 is 0 Å². The SMILES string of the molecule is CC1(C)C2CCC1(C)C([C]=O)C2. The van der Waals surface area contributed by atoms with Gasteiger partial charge in [-0.25, -0.2) is 0 Å². The van der Waals surface area contributed by atoms with E-state index in [9.17, 15) is 4.79 Å². The zero-order valence-corrected chi connectivity index (χ0v) is 8.18. The molecule has 1 heteroatoms. The van der Waals surface area contributed by atoms with Gasteiger partial charge >= 0.3 is 0 Å². The topological polar surface area (TPSA) is 17.1 Å². The number of fused-ring (bicyclic) bond motifs is 2. The second-order valence-electron chi connectivity index (χ2n) is 5.28. The Hall–Kier alpha value is -0.330. The Morgan fingerprint density at radius 3 is 2.25 bits per heavy atom. The molecule has 0 aromatic heterocycles. The molecule has 0 saturated heterocycles. The Labute approximate surface area is 74.5 Å². The Bertz CT molecular complexity index is 219. The molecule has 0 heterocycles. The Kier molecular flexibility index (Phi) is 1.47. The number of rotatable bonds is 1. The summed E-state index contributed by atoms with van der Waals surface area (Å²) in [6.07, 6.45) is 5.88. The molecular formula is C11H17O. The lowest BCUT2D eigenvalue weighted by Crippen LogP contribution is -2.32. The van der Waals surface area contributed by atoms with Gasteiger partial charge in [0.15, 0.2) is 0 Å². The fourth-order valence-electron chi connectivity index (χ4n) is 3.38. The molecule has 0 spiro atoms. The van der Waals surface area contributed by atoms with Crippen LogP contribution in [0.5, 0.6) is 0 Å². The van der Waals surface area contributed by atoms with Crippen LogP contribution in [0.1, 0.15) is 40.0 Å². The zero-order valence-electron chi connectivity index (χ0n) is 8.18. The molecule has 3 atom stereocenters. The van der Waals surface area contributed by atoms with E-state index >= 15 is 0 Å². The molecular weight excluding hydrogens is 148 g/mol. The molecule has 0 amide bonds. The Morgan fingerprint density at radius 1 is 1.33 bits per heavy atom. The third-order valence-corrected chi connectivity index (χ3v) is 4.94. The van der Waals surface area contributed by atoms with Crippen LogP contribution < -0.4 is 0 Å². The zero-order chi connectivity index (χ0) is 8.98. The van der Waals surface area contributed by atoms with E-state index in [1.54, 1.807) is 0 Å². The second-order valence-corrected chi connectivity index (χ2v) is 5.28. The van der Waals surface area contributed by atoms with Crippen molar-refractivity contribution >= 4 is 6.29 Å². The van der Waals surface area contributed by atoms with E-state index in [1.807, 2.05) is 0 Å². The first-order valence-electron chi connectivity index (χ1n) is 4.90. The summed E-state index contributed by atoms with van der Waals surface area (Å²) in [6.45, 7) is 6.92. The minimum Gasteiger partial charge on any atom is -0.291 e. The molecule has 2 aliphatic rings. The first-order valence-corrected chi connectivity index (χ1v) is 4.90. The maximum Gasteiger partial charge on any atom is 0.202 e. The Morgan fingerprint density at radius 2 is 2.00 bits per heavy atom. The molecule has 1 nitrogen and oxygen atoms in total. The second kappa shape index (κ2) is 2.12. The highest BCUT2D eigenvalue weighted by atomic mass is 16.1. The van der Waals surface area contributed by atoms with Crippen molar-refractivity contribution in [3.8, 4) is 0 Å². The minimum absolute atomic E-state index is 0.214. The summed E-state index contributed by atoms with van der Waals surface area (Å²) < 4.78 is 0. The fraction of sp³-hybridized carbons (Fsp3) is 0.909. The number of hydrogen-bond acceptors (Lipinski definition) is 1. The van der Waals surface area contributed by atoms with Crippen LogP contribution in [0.4, 0.5) is 0 Å². The summed E-state index contributed by atoms with van der Waals surface area (Å²) in [5.41, 5.74) is 0.620. The van der Waals surface area contributed by atoms with Gasteiger partial charge in [-0.15, -0.1) is 0 Å². The smallest absolute Gasteiger partial charge is 0.202 e. The summed E-state index contributed by atoms with van der Waals surface area (Å²) in [7, 11) is 0. The van der Waals surface area contributed by atoms with E-state index in [4.69, 9.17) is 0 Å². The quantitative estimate of drug-likeness (QED) is 0.583. The molecule has 2 saturated carbocycles. The van der Waals surface area contributed by atoms with Gasteiger partial charge in [0.2, 0.25) is 6.29 Å². The van der Waals surface area contributed by atoms with Crippen LogP contribution in [0.3, 0.4) is 0 Å². The molecule has 67 valence electrons. The molecule has 2 rings (SSSR count). The monoisotopic (exact) mass is 165 g/mol. The highest BCUT2D eigenvalue weighted by Gasteiger charge is 2.61. The molecule has 0 aromatic carbocycles. The highest BCUT2D eigenvalue weighted by molar-refractivity contribution is 5.58. The van der Waals surface area contributed by atoms with Crippen molar-refractivity contribution in [1.82, 2.24) is 0 Å². The van der Waals surface area contributed by atoms with Crippen molar-refractivity contribution in [1.29, 1.82) is 0 Å². The van der Waals surface area contributed by atoms with E-state index in [0.717, 1.165) is 12.3 Å². The average Bonchev–Trinajstić information content (AvgIpc) is 2.34. The lowest BCUT2D eigenvalue weighted by molar-refractivity contribution is 0.129. The molecule has 2 aliphatic carbocycles. The van der Waals surface area contributed by atoms with Gasteiger partial charge in [-0.2, -0.15) is 0 Å². The van der Waals surface area contributed by atoms with Gasteiger partial charge in [0, 0.05) is 5.92 Å². The predicted octanol–water partition coefficient (Wildman–Crippen LogP) is 2.56. The van der Waals surface area contributed by atoms with Crippen molar-refractivity contribution in [3.05, 3.63) is 0 Å². The van der Waals surface area contributed by atoms with Gasteiger partial charge in [-0.1, -0.05) is 20.8 Å². The van der Waals surface area contributed by atoms with Crippen molar-refractivity contribution in [2.24, 2.45) is 22.7 Å². The normalized spacial score (nSPS) is 49.6. The molecule has 0 aromatic rings. The average molecular weight is 165 g/mol. The maximum atomic E-state index is 10.8. The lowest BCUT2D eigenvalue weighted by Gasteiger charge is -2.36.